The number of sulfonamides is 1. The third-order valence-corrected chi connectivity index (χ3v) is 6.31. The normalized spacial score (nSPS) is 23.6. The molecule has 7 heteroatoms. The van der Waals surface area contributed by atoms with E-state index in [1.807, 2.05) is 0 Å². The van der Waals surface area contributed by atoms with Gasteiger partial charge < -0.3 is 5.11 Å². The van der Waals surface area contributed by atoms with Crippen molar-refractivity contribution in [3.63, 3.8) is 0 Å². The summed E-state index contributed by atoms with van der Waals surface area (Å²) >= 11 is 0.928. The molecule has 1 aromatic rings. The Hall–Kier alpha value is -0.920. The molecule has 0 atom stereocenters. The lowest BCUT2D eigenvalue weighted by Gasteiger charge is -2.26. The van der Waals surface area contributed by atoms with Gasteiger partial charge in [-0.1, -0.05) is 19.8 Å². The van der Waals surface area contributed by atoms with Crippen LogP contribution in [0.4, 0.5) is 0 Å². The van der Waals surface area contributed by atoms with Crippen LogP contribution in [0.2, 0.25) is 0 Å². The van der Waals surface area contributed by atoms with Gasteiger partial charge in [-0.2, -0.15) is 0 Å². The summed E-state index contributed by atoms with van der Waals surface area (Å²) < 4.78 is 26.9. The third kappa shape index (κ3) is 3.59. The molecule has 2 N–H and O–H groups in total. The Labute approximate surface area is 123 Å². The maximum Gasteiger partial charge on any atom is 0.347 e. The quantitative estimate of drug-likeness (QED) is 0.874. The highest BCUT2D eigenvalue weighted by atomic mass is 32.2. The molecule has 112 valence electrons. The molecule has 0 unspecified atom stereocenters. The smallest absolute Gasteiger partial charge is 0.347 e. The first kappa shape index (κ1) is 15.5. The lowest BCUT2D eigenvalue weighted by atomic mass is 9.83. The molecule has 2 rings (SSSR count). The Morgan fingerprint density at radius 1 is 1.40 bits per heavy atom. The lowest BCUT2D eigenvalue weighted by Crippen LogP contribution is -2.31. The average molecular weight is 317 g/mol. The van der Waals surface area contributed by atoms with E-state index >= 15 is 0 Å². The number of aromatic carboxylic acids is 1. The van der Waals surface area contributed by atoms with E-state index in [1.165, 1.54) is 11.4 Å². The molecule has 0 spiro atoms. The van der Waals surface area contributed by atoms with E-state index in [2.05, 4.69) is 11.6 Å². The standard InChI is InChI=1S/C13H19NO4S2/c1-9-2-4-10(5-3-9)8-14-20(17,18)11-6-7-19-12(11)13(15)16/h6-7,9-10,14H,2-5,8H2,1H3,(H,15,16). The Kier molecular flexibility index (Phi) is 4.82. The van der Waals surface area contributed by atoms with Gasteiger partial charge >= 0.3 is 5.97 Å². The van der Waals surface area contributed by atoms with Crippen LogP contribution in [-0.2, 0) is 10.0 Å². The first-order valence-corrected chi connectivity index (χ1v) is 9.07. The molecular formula is C13H19NO4S2. The molecule has 1 saturated carbocycles. The fourth-order valence-corrected chi connectivity index (χ4v) is 4.88. The van der Waals surface area contributed by atoms with Gasteiger partial charge in [-0.3, -0.25) is 0 Å². The SMILES string of the molecule is CC1CCC(CNS(=O)(=O)c2ccsc2C(=O)O)CC1. The van der Waals surface area contributed by atoms with Crippen molar-refractivity contribution in [2.45, 2.75) is 37.5 Å². The number of thiophene rings is 1. The molecule has 1 aromatic heterocycles. The van der Waals surface area contributed by atoms with Crippen molar-refractivity contribution in [1.29, 1.82) is 0 Å². The van der Waals surface area contributed by atoms with Crippen LogP contribution in [-0.4, -0.2) is 26.0 Å². The highest BCUT2D eigenvalue weighted by molar-refractivity contribution is 7.89. The maximum absolute atomic E-state index is 12.2. The molecule has 1 aliphatic carbocycles. The van der Waals surface area contributed by atoms with E-state index in [0.29, 0.717) is 12.5 Å². The second-order valence-electron chi connectivity index (χ2n) is 5.40. The number of carboxylic acid groups (broad SMARTS) is 1. The van der Waals surface area contributed by atoms with Crippen molar-refractivity contribution in [3.05, 3.63) is 16.3 Å². The van der Waals surface area contributed by atoms with Crippen LogP contribution in [0.1, 0.15) is 42.3 Å². The number of carbonyl (C=O) groups is 1. The Morgan fingerprint density at radius 3 is 2.65 bits per heavy atom. The number of hydrogen-bond acceptors (Lipinski definition) is 4. The van der Waals surface area contributed by atoms with Gasteiger partial charge in [0.2, 0.25) is 10.0 Å². The van der Waals surface area contributed by atoms with E-state index in [9.17, 15) is 13.2 Å². The molecule has 1 heterocycles. The predicted octanol–water partition coefficient (Wildman–Crippen LogP) is 2.55. The first-order chi connectivity index (χ1) is 9.40. The monoisotopic (exact) mass is 317 g/mol. The van der Waals surface area contributed by atoms with Crippen molar-refractivity contribution >= 4 is 27.3 Å². The van der Waals surface area contributed by atoms with Crippen LogP contribution in [0.5, 0.6) is 0 Å². The van der Waals surface area contributed by atoms with Crippen LogP contribution in [0.25, 0.3) is 0 Å². The van der Waals surface area contributed by atoms with Gasteiger partial charge in [-0.15, -0.1) is 11.3 Å². The highest BCUT2D eigenvalue weighted by Crippen LogP contribution is 2.28. The topological polar surface area (TPSA) is 83.5 Å². The Balaban J connectivity index is 2.01. The van der Waals surface area contributed by atoms with Crippen LogP contribution < -0.4 is 4.72 Å². The average Bonchev–Trinajstić information content (AvgIpc) is 2.88. The maximum atomic E-state index is 12.2. The van der Waals surface area contributed by atoms with Gasteiger partial charge in [0.25, 0.3) is 0 Å². The summed E-state index contributed by atoms with van der Waals surface area (Å²) in [6.07, 6.45) is 4.31. The van der Waals surface area contributed by atoms with Crippen LogP contribution in [0.15, 0.2) is 16.3 Å². The van der Waals surface area contributed by atoms with Gasteiger partial charge in [-0.05, 0) is 36.1 Å². The highest BCUT2D eigenvalue weighted by Gasteiger charge is 2.25. The minimum atomic E-state index is -3.73. The Morgan fingerprint density at radius 2 is 2.05 bits per heavy atom. The van der Waals surface area contributed by atoms with E-state index in [-0.39, 0.29) is 9.77 Å². The molecule has 20 heavy (non-hydrogen) atoms. The van der Waals surface area contributed by atoms with E-state index < -0.39 is 16.0 Å². The van der Waals surface area contributed by atoms with E-state index in [0.717, 1.165) is 42.9 Å². The summed E-state index contributed by atoms with van der Waals surface area (Å²) in [6, 6.07) is 1.35. The molecule has 0 aliphatic heterocycles. The van der Waals surface area contributed by atoms with Gasteiger partial charge in [-0.25, -0.2) is 17.9 Å². The molecule has 5 nitrogen and oxygen atoms in total. The summed E-state index contributed by atoms with van der Waals surface area (Å²) in [4.78, 5) is 10.7. The number of carboxylic acids is 1. The fraction of sp³-hybridized carbons (Fsp3) is 0.615. The van der Waals surface area contributed by atoms with Gasteiger partial charge in [0.1, 0.15) is 9.77 Å². The van der Waals surface area contributed by atoms with Crippen molar-refractivity contribution < 1.29 is 18.3 Å². The molecule has 0 bridgehead atoms. The number of hydrogen-bond donors (Lipinski definition) is 2. The summed E-state index contributed by atoms with van der Waals surface area (Å²) in [5.74, 6) is -0.127. The third-order valence-electron chi connectivity index (χ3n) is 3.81. The van der Waals surface area contributed by atoms with Crippen molar-refractivity contribution in [3.8, 4) is 0 Å². The molecule has 0 radical (unpaired) electrons. The van der Waals surface area contributed by atoms with Crippen molar-refractivity contribution in [1.82, 2.24) is 4.72 Å². The van der Waals surface area contributed by atoms with E-state index in [1.54, 1.807) is 0 Å². The molecule has 1 fully saturated rings. The summed E-state index contributed by atoms with van der Waals surface area (Å²) in [7, 11) is -3.73. The first-order valence-electron chi connectivity index (χ1n) is 6.70. The van der Waals surface area contributed by atoms with Gasteiger partial charge in [0.05, 0.1) is 0 Å². The second kappa shape index (κ2) is 6.24. The largest absolute Gasteiger partial charge is 0.477 e. The number of nitrogens with one attached hydrogen (secondary N) is 1. The van der Waals surface area contributed by atoms with E-state index in [4.69, 9.17) is 5.11 Å². The molecule has 0 aromatic carbocycles. The molecular weight excluding hydrogens is 298 g/mol. The summed E-state index contributed by atoms with van der Waals surface area (Å²) in [6.45, 7) is 2.61. The van der Waals surface area contributed by atoms with Gasteiger partial charge in [0.15, 0.2) is 0 Å². The van der Waals surface area contributed by atoms with Gasteiger partial charge in [0, 0.05) is 6.54 Å². The zero-order valence-corrected chi connectivity index (χ0v) is 13.0. The summed E-state index contributed by atoms with van der Waals surface area (Å²) in [5.41, 5.74) is 0. The van der Waals surface area contributed by atoms with Crippen molar-refractivity contribution in [2.24, 2.45) is 11.8 Å². The van der Waals surface area contributed by atoms with Crippen LogP contribution >= 0.6 is 11.3 Å². The zero-order chi connectivity index (χ0) is 14.8. The Bertz CT molecular complexity index is 571. The number of rotatable bonds is 5. The minimum Gasteiger partial charge on any atom is -0.477 e. The van der Waals surface area contributed by atoms with Crippen LogP contribution in [0, 0.1) is 11.8 Å². The summed E-state index contributed by atoms with van der Waals surface area (Å²) in [5, 5.41) is 10.5. The lowest BCUT2D eigenvalue weighted by molar-refractivity contribution is 0.0698. The van der Waals surface area contributed by atoms with Crippen molar-refractivity contribution in [2.75, 3.05) is 6.54 Å². The predicted molar refractivity (Wildman–Crippen MR) is 77.6 cm³/mol. The molecule has 0 amide bonds. The van der Waals surface area contributed by atoms with Crippen LogP contribution in [0.3, 0.4) is 0 Å². The fourth-order valence-electron chi connectivity index (χ4n) is 2.50. The second-order valence-corrected chi connectivity index (χ2v) is 8.05. The zero-order valence-electron chi connectivity index (χ0n) is 11.3. The minimum absolute atomic E-state index is 0.126. The molecule has 1 aliphatic rings. The molecule has 0 saturated heterocycles.